The normalized spacial score (nSPS) is 22.2. The molecule has 19 heavy (non-hydrogen) atoms. The highest BCUT2D eigenvalue weighted by Gasteiger charge is 2.40. The van der Waals surface area contributed by atoms with E-state index in [1.807, 2.05) is 6.33 Å². The highest BCUT2D eigenvalue weighted by atomic mass is 16.3. The number of fused-ring (bicyclic) bond motifs is 1. The molecule has 1 aliphatic carbocycles. The molecule has 0 amide bonds. The van der Waals surface area contributed by atoms with Gasteiger partial charge in [-0.1, -0.05) is 38.1 Å². The van der Waals surface area contributed by atoms with E-state index in [0.717, 1.165) is 12.1 Å². The second kappa shape index (κ2) is 4.20. The van der Waals surface area contributed by atoms with Crippen LogP contribution in [0.2, 0.25) is 0 Å². The average Bonchev–Trinajstić information content (AvgIpc) is 2.88. The van der Waals surface area contributed by atoms with Crippen LogP contribution in [0.25, 0.3) is 0 Å². The summed E-state index contributed by atoms with van der Waals surface area (Å²) in [6.07, 6.45) is 4.18. The molecular weight excluding hydrogens is 236 g/mol. The van der Waals surface area contributed by atoms with Gasteiger partial charge < -0.3 is 9.67 Å². The standard InChI is InChI=1S/C16H20N2O/c1-11(19)14-9-17-10-18(14)15-13-7-5-4-6-12(13)8-16(15,2)3/h4-7,9-11,15,19H,8H2,1-3H3. The van der Waals surface area contributed by atoms with E-state index in [0.29, 0.717) is 0 Å². The third-order valence-corrected chi connectivity index (χ3v) is 4.14. The number of nitrogens with zero attached hydrogens (tertiary/aromatic N) is 2. The molecule has 3 heteroatoms. The Morgan fingerprint density at radius 2 is 2.11 bits per heavy atom. The largest absolute Gasteiger partial charge is 0.387 e. The van der Waals surface area contributed by atoms with Crippen molar-refractivity contribution in [2.75, 3.05) is 0 Å². The van der Waals surface area contributed by atoms with Crippen LogP contribution < -0.4 is 0 Å². The lowest BCUT2D eigenvalue weighted by molar-refractivity contribution is 0.178. The number of imidazole rings is 1. The molecule has 1 aliphatic rings. The molecule has 0 spiro atoms. The smallest absolute Gasteiger partial charge is 0.0954 e. The van der Waals surface area contributed by atoms with Crippen molar-refractivity contribution in [3.8, 4) is 0 Å². The second-order valence-corrected chi connectivity index (χ2v) is 6.17. The van der Waals surface area contributed by atoms with E-state index in [9.17, 15) is 5.11 Å². The minimum absolute atomic E-state index is 0.133. The first-order chi connectivity index (χ1) is 9.00. The molecule has 0 saturated carbocycles. The molecule has 0 aliphatic heterocycles. The van der Waals surface area contributed by atoms with Crippen molar-refractivity contribution in [3.05, 3.63) is 53.6 Å². The first-order valence-electron chi connectivity index (χ1n) is 6.78. The zero-order valence-corrected chi connectivity index (χ0v) is 11.7. The molecule has 2 aromatic rings. The number of hydrogen-bond donors (Lipinski definition) is 1. The van der Waals surface area contributed by atoms with Crippen molar-refractivity contribution in [3.63, 3.8) is 0 Å². The van der Waals surface area contributed by atoms with Crippen LogP contribution in [0.4, 0.5) is 0 Å². The molecule has 1 aromatic heterocycles. The van der Waals surface area contributed by atoms with Crippen LogP contribution in [-0.4, -0.2) is 14.7 Å². The van der Waals surface area contributed by atoms with Gasteiger partial charge in [0, 0.05) is 0 Å². The molecular formula is C16H20N2O. The Labute approximate surface area is 113 Å². The van der Waals surface area contributed by atoms with Crippen LogP contribution in [0.1, 0.15) is 49.7 Å². The van der Waals surface area contributed by atoms with Gasteiger partial charge in [0.25, 0.3) is 0 Å². The van der Waals surface area contributed by atoms with Crippen LogP contribution in [0.15, 0.2) is 36.8 Å². The van der Waals surface area contributed by atoms with E-state index in [-0.39, 0.29) is 11.5 Å². The quantitative estimate of drug-likeness (QED) is 0.896. The van der Waals surface area contributed by atoms with Crippen LogP contribution in [0.5, 0.6) is 0 Å². The highest BCUT2D eigenvalue weighted by molar-refractivity contribution is 5.38. The first-order valence-corrected chi connectivity index (χ1v) is 6.78. The van der Waals surface area contributed by atoms with Gasteiger partial charge in [-0.3, -0.25) is 0 Å². The highest BCUT2D eigenvalue weighted by Crippen LogP contribution is 2.48. The molecule has 0 saturated heterocycles. The lowest BCUT2D eigenvalue weighted by atomic mass is 9.85. The molecule has 3 nitrogen and oxygen atoms in total. The Bertz CT molecular complexity index is 598. The number of benzene rings is 1. The summed E-state index contributed by atoms with van der Waals surface area (Å²) in [5, 5.41) is 9.91. The summed E-state index contributed by atoms with van der Waals surface area (Å²) in [5.74, 6) is 0. The van der Waals surface area contributed by atoms with Crippen molar-refractivity contribution in [1.82, 2.24) is 9.55 Å². The number of rotatable bonds is 2. The lowest BCUT2D eigenvalue weighted by Gasteiger charge is -2.30. The van der Waals surface area contributed by atoms with Crippen LogP contribution in [0.3, 0.4) is 0 Å². The van der Waals surface area contributed by atoms with Gasteiger partial charge in [0.2, 0.25) is 0 Å². The number of aliphatic hydroxyl groups is 1. The van der Waals surface area contributed by atoms with Gasteiger partial charge in [-0.15, -0.1) is 0 Å². The van der Waals surface area contributed by atoms with Gasteiger partial charge in [0.1, 0.15) is 0 Å². The molecule has 1 aromatic carbocycles. The maximum atomic E-state index is 9.91. The molecule has 3 rings (SSSR count). The van der Waals surface area contributed by atoms with Gasteiger partial charge in [0.15, 0.2) is 0 Å². The Morgan fingerprint density at radius 1 is 1.37 bits per heavy atom. The molecule has 100 valence electrons. The molecule has 0 fully saturated rings. The number of hydrogen-bond acceptors (Lipinski definition) is 2. The SMILES string of the molecule is CC(O)c1cncn1C1c2ccccc2CC1(C)C. The van der Waals surface area contributed by atoms with Crippen molar-refractivity contribution >= 4 is 0 Å². The summed E-state index contributed by atoms with van der Waals surface area (Å²) < 4.78 is 2.14. The third kappa shape index (κ3) is 1.89. The van der Waals surface area contributed by atoms with Crippen molar-refractivity contribution < 1.29 is 5.11 Å². The van der Waals surface area contributed by atoms with E-state index >= 15 is 0 Å². The lowest BCUT2D eigenvalue weighted by Crippen LogP contribution is -2.25. The maximum Gasteiger partial charge on any atom is 0.0954 e. The van der Waals surface area contributed by atoms with Gasteiger partial charge in [-0.05, 0) is 29.9 Å². The average molecular weight is 256 g/mol. The van der Waals surface area contributed by atoms with Gasteiger partial charge >= 0.3 is 0 Å². The van der Waals surface area contributed by atoms with Gasteiger partial charge in [-0.25, -0.2) is 4.98 Å². The Morgan fingerprint density at radius 3 is 2.84 bits per heavy atom. The van der Waals surface area contributed by atoms with Gasteiger partial charge in [0.05, 0.1) is 30.4 Å². The predicted octanol–water partition coefficient (Wildman–Crippen LogP) is 3.11. The van der Waals surface area contributed by atoms with Gasteiger partial charge in [-0.2, -0.15) is 0 Å². The van der Waals surface area contributed by atoms with E-state index in [1.54, 1.807) is 13.1 Å². The molecule has 2 unspecified atom stereocenters. The number of aromatic nitrogens is 2. The zero-order valence-electron chi connectivity index (χ0n) is 11.7. The predicted molar refractivity (Wildman–Crippen MR) is 74.9 cm³/mol. The Hall–Kier alpha value is -1.61. The minimum atomic E-state index is -0.494. The number of aliphatic hydroxyl groups excluding tert-OH is 1. The minimum Gasteiger partial charge on any atom is -0.387 e. The van der Waals surface area contributed by atoms with Crippen LogP contribution >= 0.6 is 0 Å². The summed E-state index contributed by atoms with van der Waals surface area (Å²) in [6.45, 7) is 6.36. The fourth-order valence-corrected chi connectivity index (χ4v) is 3.35. The Balaban J connectivity index is 2.15. The molecule has 2 atom stereocenters. The summed E-state index contributed by atoms with van der Waals surface area (Å²) >= 11 is 0. The third-order valence-electron chi connectivity index (χ3n) is 4.14. The fraction of sp³-hybridized carbons (Fsp3) is 0.438. The van der Waals surface area contributed by atoms with E-state index in [4.69, 9.17) is 0 Å². The topological polar surface area (TPSA) is 38.1 Å². The van der Waals surface area contributed by atoms with E-state index in [2.05, 4.69) is 47.7 Å². The molecule has 0 radical (unpaired) electrons. The summed E-state index contributed by atoms with van der Waals surface area (Å²) in [7, 11) is 0. The van der Waals surface area contributed by atoms with Crippen molar-refractivity contribution in [2.24, 2.45) is 5.41 Å². The molecule has 0 bridgehead atoms. The summed E-state index contributed by atoms with van der Waals surface area (Å²) in [6, 6.07) is 8.83. The van der Waals surface area contributed by atoms with E-state index < -0.39 is 6.10 Å². The van der Waals surface area contributed by atoms with E-state index in [1.165, 1.54) is 11.1 Å². The Kier molecular flexibility index (Phi) is 2.75. The first kappa shape index (κ1) is 12.4. The monoisotopic (exact) mass is 256 g/mol. The summed E-state index contributed by atoms with van der Waals surface area (Å²) in [5.41, 5.74) is 3.78. The second-order valence-electron chi connectivity index (χ2n) is 6.17. The van der Waals surface area contributed by atoms with Crippen LogP contribution in [0, 0.1) is 5.41 Å². The molecule has 1 N–H and O–H groups in total. The van der Waals surface area contributed by atoms with Crippen LogP contribution in [-0.2, 0) is 6.42 Å². The fourth-order valence-electron chi connectivity index (χ4n) is 3.35. The van der Waals surface area contributed by atoms with Crippen molar-refractivity contribution in [1.29, 1.82) is 0 Å². The summed E-state index contributed by atoms with van der Waals surface area (Å²) in [4.78, 5) is 4.23. The molecule has 1 heterocycles. The maximum absolute atomic E-state index is 9.91. The zero-order chi connectivity index (χ0) is 13.6. The van der Waals surface area contributed by atoms with Crippen molar-refractivity contribution in [2.45, 2.75) is 39.3 Å².